The van der Waals surface area contributed by atoms with Crippen LogP contribution in [0.2, 0.25) is 0 Å². The van der Waals surface area contributed by atoms with Gasteiger partial charge >= 0.3 is 0 Å². The highest BCUT2D eigenvalue weighted by molar-refractivity contribution is 7.98. The summed E-state index contributed by atoms with van der Waals surface area (Å²) in [4.78, 5) is 21.4. The minimum atomic E-state index is -0.330. The van der Waals surface area contributed by atoms with E-state index < -0.39 is 0 Å². The third-order valence-corrected chi connectivity index (χ3v) is 5.43. The van der Waals surface area contributed by atoms with Crippen LogP contribution < -0.4 is 5.32 Å². The third kappa shape index (κ3) is 3.99. The molecular weight excluding hydrogens is 401 g/mol. The van der Waals surface area contributed by atoms with Crippen molar-refractivity contribution in [3.8, 4) is 11.4 Å². The molecule has 0 saturated heterocycles. The number of amides is 1. The van der Waals surface area contributed by atoms with Gasteiger partial charge in [0, 0.05) is 23.8 Å². The fraction of sp³-hybridized carbons (Fsp3) is 0.136. The van der Waals surface area contributed by atoms with E-state index in [1.165, 1.54) is 23.9 Å². The first-order chi connectivity index (χ1) is 14.6. The second kappa shape index (κ2) is 8.54. The number of nitrogens with one attached hydrogen (secondary N) is 1. The molecule has 0 bridgehead atoms. The van der Waals surface area contributed by atoms with Crippen molar-refractivity contribution < 1.29 is 9.18 Å². The highest BCUT2D eigenvalue weighted by atomic mass is 32.2. The predicted octanol–water partition coefficient (Wildman–Crippen LogP) is 4.41. The van der Waals surface area contributed by atoms with Gasteiger partial charge in [-0.15, -0.1) is 0 Å². The Bertz CT molecular complexity index is 1140. The van der Waals surface area contributed by atoms with Crippen LogP contribution in [0.25, 0.3) is 11.4 Å². The van der Waals surface area contributed by atoms with Crippen molar-refractivity contribution >= 4 is 17.7 Å². The second-order valence-electron chi connectivity index (χ2n) is 6.70. The van der Waals surface area contributed by atoms with Crippen molar-refractivity contribution in [2.45, 2.75) is 18.1 Å². The number of carbonyl (C=O) groups is 1. The molecule has 2 heterocycles. The van der Waals surface area contributed by atoms with Gasteiger partial charge in [0.15, 0.2) is 5.16 Å². The summed E-state index contributed by atoms with van der Waals surface area (Å²) < 4.78 is 17.0. The summed E-state index contributed by atoms with van der Waals surface area (Å²) in [6.07, 6.45) is 8.76. The van der Waals surface area contributed by atoms with Crippen molar-refractivity contribution in [2.24, 2.45) is 0 Å². The van der Waals surface area contributed by atoms with Crippen LogP contribution in [0.5, 0.6) is 0 Å². The van der Waals surface area contributed by atoms with E-state index in [2.05, 4.69) is 15.3 Å². The Morgan fingerprint density at radius 1 is 1.10 bits per heavy atom. The number of rotatable bonds is 6. The molecule has 1 N–H and O–H groups in total. The second-order valence-corrected chi connectivity index (χ2v) is 7.47. The number of nitrogens with zero attached hydrogens (tertiary/aromatic N) is 4. The van der Waals surface area contributed by atoms with E-state index in [1.807, 2.05) is 48.2 Å². The molecule has 0 aliphatic heterocycles. The Hall–Kier alpha value is -3.39. The molecule has 0 spiro atoms. The minimum Gasteiger partial charge on any atom is -0.344 e. The summed E-state index contributed by atoms with van der Waals surface area (Å²) >= 11 is 1.42. The lowest BCUT2D eigenvalue weighted by Crippen LogP contribution is -2.28. The largest absolute Gasteiger partial charge is 0.344 e. The highest BCUT2D eigenvalue weighted by Crippen LogP contribution is 2.23. The van der Waals surface area contributed by atoms with E-state index in [9.17, 15) is 9.18 Å². The molecule has 4 aromatic rings. The monoisotopic (exact) mass is 421 g/mol. The lowest BCUT2D eigenvalue weighted by molar-refractivity contribution is 0.0932. The number of aromatic nitrogens is 4. The zero-order valence-corrected chi connectivity index (χ0v) is 17.3. The zero-order valence-electron chi connectivity index (χ0n) is 16.5. The summed E-state index contributed by atoms with van der Waals surface area (Å²) in [5, 5.41) is 3.68. The zero-order chi connectivity index (χ0) is 21.1. The SMILES string of the molecule is CSc1ncc(C(=O)NC(C)c2ccc(-n3ccnc3)cc2)n1-c1ccc(F)cc1. The number of thioether (sulfide) groups is 1. The Labute approximate surface area is 177 Å². The molecule has 0 aliphatic carbocycles. The number of halogens is 1. The normalized spacial score (nSPS) is 12.0. The molecule has 1 atom stereocenters. The maximum absolute atomic E-state index is 13.3. The molecule has 0 fully saturated rings. The van der Waals surface area contributed by atoms with Crippen LogP contribution in [-0.2, 0) is 0 Å². The Morgan fingerprint density at radius 2 is 1.80 bits per heavy atom. The molecule has 30 heavy (non-hydrogen) atoms. The molecule has 152 valence electrons. The fourth-order valence-corrected chi connectivity index (χ4v) is 3.72. The standard InChI is InChI=1S/C22H20FN5OS/c1-15(16-3-7-18(8-4-16)27-12-11-24-14-27)26-21(29)20-13-25-22(30-2)28(20)19-9-5-17(23)6-10-19/h3-15H,1-2H3,(H,26,29). The van der Waals surface area contributed by atoms with Crippen LogP contribution in [0.4, 0.5) is 4.39 Å². The van der Waals surface area contributed by atoms with Crippen LogP contribution in [-0.4, -0.2) is 31.3 Å². The van der Waals surface area contributed by atoms with Gasteiger partial charge in [-0.3, -0.25) is 9.36 Å². The van der Waals surface area contributed by atoms with E-state index >= 15 is 0 Å². The van der Waals surface area contributed by atoms with E-state index in [-0.39, 0.29) is 17.8 Å². The quantitative estimate of drug-likeness (QED) is 0.469. The summed E-state index contributed by atoms with van der Waals surface area (Å²) in [5.74, 6) is -0.582. The summed E-state index contributed by atoms with van der Waals surface area (Å²) in [7, 11) is 0. The molecule has 0 radical (unpaired) electrons. The number of hydrogen-bond donors (Lipinski definition) is 1. The van der Waals surface area contributed by atoms with Crippen molar-refractivity contribution in [3.05, 3.63) is 90.5 Å². The molecule has 8 heteroatoms. The van der Waals surface area contributed by atoms with Crippen LogP contribution in [0.3, 0.4) is 0 Å². The van der Waals surface area contributed by atoms with Crippen LogP contribution >= 0.6 is 11.8 Å². The predicted molar refractivity (Wildman–Crippen MR) is 115 cm³/mol. The van der Waals surface area contributed by atoms with Crippen molar-refractivity contribution in [3.63, 3.8) is 0 Å². The average molecular weight is 422 g/mol. The fourth-order valence-electron chi connectivity index (χ4n) is 3.18. The number of hydrogen-bond acceptors (Lipinski definition) is 4. The smallest absolute Gasteiger partial charge is 0.270 e. The third-order valence-electron chi connectivity index (χ3n) is 4.77. The summed E-state index contributed by atoms with van der Waals surface area (Å²) in [6, 6.07) is 13.7. The number of imidazole rings is 2. The average Bonchev–Trinajstić information content (AvgIpc) is 3.44. The van der Waals surface area contributed by atoms with Crippen molar-refractivity contribution in [1.82, 2.24) is 24.4 Å². The Balaban J connectivity index is 1.55. The Kier molecular flexibility index (Phi) is 5.67. The molecule has 2 aromatic heterocycles. The highest BCUT2D eigenvalue weighted by Gasteiger charge is 2.20. The molecule has 6 nitrogen and oxygen atoms in total. The van der Waals surface area contributed by atoms with Crippen molar-refractivity contribution in [1.29, 1.82) is 0 Å². The molecule has 4 rings (SSSR count). The number of benzene rings is 2. The molecule has 1 unspecified atom stereocenters. The van der Waals surface area contributed by atoms with Gasteiger partial charge in [0.2, 0.25) is 0 Å². The van der Waals surface area contributed by atoms with Crippen LogP contribution in [0.1, 0.15) is 29.0 Å². The lowest BCUT2D eigenvalue weighted by atomic mass is 10.1. The lowest BCUT2D eigenvalue weighted by Gasteiger charge is -2.16. The van der Waals surface area contributed by atoms with E-state index in [4.69, 9.17) is 0 Å². The van der Waals surface area contributed by atoms with Gasteiger partial charge in [-0.2, -0.15) is 0 Å². The van der Waals surface area contributed by atoms with Gasteiger partial charge in [0.05, 0.1) is 18.6 Å². The molecule has 0 saturated carbocycles. The van der Waals surface area contributed by atoms with Gasteiger partial charge in [-0.05, 0) is 55.1 Å². The first-order valence-electron chi connectivity index (χ1n) is 9.33. The summed E-state index contributed by atoms with van der Waals surface area (Å²) in [6.45, 7) is 1.93. The van der Waals surface area contributed by atoms with Crippen LogP contribution in [0, 0.1) is 5.82 Å². The minimum absolute atomic E-state index is 0.205. The topological polar surface area (TPSA) is 64.7 Å². The van der Waals surface area contributed by atoms with Gasteiger partial charge in [-0.25, -0.2) is 14.4 Å². The van der Waals surface area contributed by atoms with E-state index in [1.54, 1.807) is 35.4 Å². The van der Waals surface area contributed by atoms with Crippen LogP contribution in [0.15, 0.2) is 78.6 Å². The number of carbonyl (C=O) groups excluding carboxylic acids is 1. The molecule has 2 aromatic carbocycles. The van der Waals surface area contributed by atoms with E-state index in [0.29, 0.717) is 16.5 Å². The van der Waals surface area contributed by atoms with Gasteiger partial charge in [0.25, 0.3) is 5.91 Å². The molecular formula is C22H20FN5OS. The van der Waals surface area contributed by atoms with Gasteiger partial charge < -0.3 is 9.88 Å². The van der Waals surface area contributed by atoms with Crippen molar-refractivity contribution in [2.75, 3.05) is 6.26 Å². The molecule has 0 aliphatic rings. The first kappa shape index (κ1) is 19.9. The van der Waals surface area contributed by atoms with E-state index in [0.717, 1.165) is 11.3 Å². The van der Waals surface area contributed by atoms with Gasteiger partial charge in [-0.1, -0.05) is 23.9 Å². The first-order valence-corrected chi connectivity index (χ1v) is 10.6. The van der Waals surface area contributed by atoms with Gasteiger partial charge in [0.1, 0.15) is 11.5 Å². The maximum Gasteiger partial charge on any atom is 0.270 e. The maximum atomic E-state index is 13.3. The molecule has 1 amide bonds. The summed E-state index contributed by atoms with van der Waals surface area (Å²) in [5.41, 5.74) is 3.05. The Morgan fingerprint density at radius 3 is 2.43 bits per heavy atom.